The Bertz CT molecular complexity index is 1130. The minimum Gasteiger partial charge on any atom is -0.457 e. The summed E-state index contributed by atoms with van der Waals surface area (Å²) in [6.07, 6.45) is 1.38. The number of carbonyl (C=O) groups excluding carboxylic acids is 1. The van der Waals surface area contributed by atoms with Crippen molar-refractivity contribution < 1.29 is 18.7 Å². The maximum atomic E-state index is 13.3. The Morgan fingerprint density at radius 3 is 2.42 bits per heavy atom. The van der Waals surface area contributed by atoms with Crippen molar-refractivity contribution in [3.63, 3.8) is 0 Å². The standard InChI is InChI=1S/C28H30FNO3/c1-18-25-17-24(14-10-20(25)11-15-26(18)30-27(31)33-28(2,3)4)32-23-7-5-6-21(16-23)19-8-12-22(29)13-9-19/h5-10,12-14,16-18,26H,11,15H2,1-4H3,(H,30,31). The molecule has 33 heavy (non-hydrogen) atoms. The van der Waals surface area contributed by atoms with Gasteiger partial charge in [0, 0.05) is 12.0 Å². The van der Waals surface area contributed by atoms with Crippen LogP contribution in [0.15, 0.2) is 66.7 Å². The van der Waals surface area contributed by atoms with Crippen molar-refractivity contribution in [1.29, 1.82) is 0 Å². The molecule has 0 saturated carbocycles. The summed E-state index contributed by atoms with van der Waals surface area (Å²) in [5.74, 6) is 1.34. The molecule has 3 aromatic rings. The van der Waals surface area contributed by atoms with Crippen molar-refractivity contribution in [3.8, 4) is 22.6 Å². The average Bonchev–Trinajstić information content (AvgIpc) is 2.75. The molecule has 0 bridgehead atoms. The maximum absolute atomic E-state index is 13.3. The number of benzene rings is 3. The normalized spacial score (nSPS) is 17.7. The molecule has 5 heteroatoms. The number of alkyl carbamates (subject to hydrolysis) is 1. The summed E-state index contributed by atoms with van der Waals surface area (Å²) < 4.78 is 24.9. The van der Waals surface area contributed by atoms with Crippen molar-refractivity contribution in [2.24, 2.45) is 0 Å². The molecule has 2 unspecified atom stereocenters. The fraction of sp³-hybridized carbons (Fsp3) is 0.321. The molecule has 1 aliphatic rings. The van der Waals surface area contributed by atoms with Crippen LogP contribution in [-0.4, -0.2) is 17.7 Å². The molecule has 0 aliphatic heterocycles. The van der Waals surface area contributed by atoms with Crippen LogP contribution in [0.5, 0.6) is 11.5 Å². The van der Waals surface area contributed by atoms with E-state index in [1.165, 1.54) is 23.3 Å². The largest absolute Gasteiger partial charge is 0.457 e. The molecule has 0 spiro atoms. The molecule has 0 radical (unpaired) electrons. The van der Waals surface area contributed by atoms with Gasteiger partial charge in [-0.15, -0.1) is 0 Å². The zero-order chi connectivity index (χ0) is 23.6. The van der Waals surface area contributed by atoms with Crippen LogP contribution in [0, 0.1) is 5.82 Å². The van der Waals surface area contributed by atoms with Gasteiger partial charge < -0.3 is 14.8 Å². The average molecular weight is 448 g/mol. The molecule has 0 saturated heterocycles. The highest BCUT2D eigenvalue weighted by Gasteiger charge is 2.29. The van der Waals surface area contributed by atoms with E-state index in [1.54, 1.807) is 12.1 Å². The molecule has 1 N–H and O–H groups in total. The van der Waals surface area contributed by atoms with Crippen LogP contribution < -0.4 is 10.1 Å². The molecule has 4 rings (SSSR count). The lowest BCUT2D eigenvalue weighted by Gasteiger charge is -2.33. The summed E-state index contributed by atoms with van der Waals surface area (Å²) in [6, 6.07) is 20.3. The Morgan fingerprint density at radius 1 is 0.970 bits per heavy atom. The number of hydrogen-bond acceptors (Lipinski definition) is 3. The van der Waals surface area contributed by atoms with Crippen LogP contribution in [0.4, 0.5) is 9.18 Å². The third-order valence-corrected chi connectivity index (χ3v) is 5.89. The Hall–Kier alpha value is -3.34. The van der Waals surface area contributed by atoms with Gasteiger partial charge in [0.05, 0.1) is 0 Å². The number of carbonyl (C=O) groups is 1. The van der Waals surface area contributed by atoms with E-state index in [0.717, 1.165) is 29.7 Å². The molecule has 2 atom stereocenters. The molecular weight excluding hydrogens is 417 g/mol. The number of halogens is 1. The second-order valence-electron chi connectivity index (χ2n) is 9.58. The van der Waals surface area contributed by atoms with Crippen molar-refractivity contribution in [3.05, 3.63) is 83.7 Å². The van der Waals surface area contributed by atoms with E-state index in [-0.39, 0.29) is 23.9 Å². The summed E-state index contributed by atoms with van der Waals surface area (Å²) in [6.45, 7) is 7.71. The Morgan fingerprint density at radius 2 is 1.70 bits per heavy atom. The Kier molecular flexibility index (Phi) is 6.41. The predicted octanol–water partition coefficient (Wildman–Crippen LogP) is 7.23. The number of hydrogen-bond donors (Lipinski definition) is 1. The molecule has 0 heterocycles. The Balaban J connectivity index is 1.50. The van der Waals surface area contributed by atoms with Gasteiger partial charge >= 0.3 is 6.09 Å². The lowest BCUT2D eigenvalue weighted by atomic mass is 9.80. The summed E-state index contributed by atoms with van der Waals surface area (Å²) in [7, 11) is 0. The van der Waals surface area contributed by atoms with Gasteiger partial charge in [0.2, 0.25) is 0 Å². The first-order chi connectivity index (χ1) is 15.7. The zero-order valence-corrected chi connectivity index (χ0v) is 19.5. The topological polar surface area (TPSA) is 47.6 Å². The first-order valence-corrected chi connectivity index (χ1v) is 11.3. The van der Waals surface area contributed by atoms with Crippen LogP contribution >= 0.6 is 0 Å². The minimum atomic E-state index is -0.524. The molecule has 0 aromatic heterocycles. The fourth-order valence-electron chi connectivity index (χ4n) is 4.24. The van der Waals surface area contributed by atoms with Crippen LogP contribution in [0.25, 0.3) is 11.1 Å². The molecule has 1 aliphatic carbocycles. The summed E-state index contributed by atoms with van der Waals surface area (Å²) in [5.41, 5.74) is 3.81. The van der Waals surface area contributed by atoms with E-state index >= 15 is 0 Å². The van der Waals surface area contributed by atoms with Crippen LogP contribution in [0.1, 0.15) is 51.2 Å². The van der Waals surface area contributed by atoms with E-state index in [9.17, 15) is 9.18 Å². The predicted molar refractivity (Wildman–Crippen MR) is 128 cm³/mol. The third-order valence-electron chi connectivity index (χ3n) is 5.89. The van der Waals surface area contributed by atoms with Gasteiger partial charge in [0.1, 0.15) is 22.9 Å². The summed E-state index contributed by atoms with van der Waals surface area (Å²) in [4.78, 5) is 12.3. The molecule has 3 aromatic carbocycles. The quantitative estimate of drug-likeness (QED) is 0.459. The second kappa shape index (κ2) is 9.26. The zero-order valence-electron chi connectivity index (χ0n) is 19.5. The highest BCUT2D eigenvalue weighted by molar-refractivity contribution is 5.68. The maximum Gasteiger partial charge on any atom is 0.407 e. The minimum absolute atomic E-state index is 0.00408. The highest BCUT2D eigenvalue weighted by Crippen LogP contribution is 2.36. The van der Waals surface area contributed by atoms with Crippen LogP contribution in [0.3, 0.4) is 0 Å². The second-order valence-corrected chi connectivity index (χ2v) is 9.58. The Labute approximate surface area is 194 Å². The molecule has 172 valence electrons. The third kappa shape index (κ3) is 5.72. The van der Waals surface area contributed by atoms with Gasteiger partial charge in [-0.3, -0.25) is 0 Å². The van der Waals surface area contributed by atoms with Crippen molar-refractivity contribution in [1.82, 2.24) is 5.32 Å². The van der Waals surface area contributed by atoms with Crippen LogP contribution in [-0.2, 0) is 11.2 Å². The number of amides is 1. The van der Waals surface area contributed by atoms with E-state index in [1.807, 2.05) is 51.1 Å². The smallest absolute Gasteiger partial charge is 0.407 e. The van der Waals surface area contributed by atoms with Gasteiger partial charge in [0.25, 0.3) is 0 Å². The van der Waals surface area contributed by atoms with Gasteiger partial charge in [-0.2, -0.15) is 0 Å². The number of rotatable bonds is 4. The van der Waals surface area contributed by atoms with E-state index in [4.69, 9.17) is 9.47 Å². The van der Waals surface area contributed by atoms with Crippen molar-refractivity contribution >= 4 is 6.09 Å². The number of ether oxygens (including phenoxy) is 2. The first kappa shape index (κ1) is 22.8. The monoisotopic (exact) mass is 447 g/mol. The first-order valence-electron chi connectivity index (χ1n) is 11.3. The fourth-order valence-corrected chi connectivity index (χ4v) is 4.24. The van der Waals surface area contributed by atoms with Crippen molar-refractivity contribution in [2.75, 3.05) is 0 Å². The van der Waals surface area contributed by atoms with E-state index in [0.29, 0.717) is 5.75 Å². The number of fused-ring (bicyclic) bond motifs is 1. The number of aryl methyl sites for hydroxylation is 1. The summed E-state index contributed by atoms with van der Waals surface area (Å²) in [5, 5.41) is 3.04. The summed E-state index contributed by atoms with van der Waals surface area (Å²) >= 11 is 0. The van der Waals surface area contributed by atoms with Crippen molar-refractivity contribution in [2.45, 2.75) is 58.1 Å². The van der Waals surface area contributed by atoms with Crippen LogP contribution in [0.2, 0.25) is 0 Å². The molecule has 0 fully saturated rings. The van der Waals surface area contributed by atoms with E-state index in [2.05, 4.69) is 24.4 Å². The van der Waals surface area contributed by atoms with Gasteiger partial charge in [0.15, 0.2) is 0 Å². The number of nitrogens with one attached hydrogen (secondary N) is 1. The van der Waals surface area contributed by atoms with E-state index < -0.39 is 5.60 Å². The molecular formula is C28H30FNO3. The van der Waals surface area contributed by atoms with Gasteiger partial charge in [-0.25, -0.2) is 9.18 Å². The molecule has 1 amide bonds. The SMILES string of the molecule is CC1c2cc(Oc3cccc(-c4ccc(F)cc4)c3)ccc2CCC1NC(=O)OC(C)(C)C. The highest BCUT2D eigenvalue weighted by atomic mass is 19.1. The lowest BCUT2D eigenvalue weighted by Crippen LogP contribution is -2.43. The van der Waals surface area contributed by atoms with Gasteiger partial charge in [-0.1, -0.05) is 37.3 Å². The molecule has 4 nitrogen and oxygen atoms in total. The lowest BCUT2D eigenvalue weighted by molar-refractivity contribution is 0.0493. The van der Waals surface area contributed by atoms with Gasteiger partial charge in [-0.05, 0) is 92.3 Å².